The molecule has 0 amide bonds. The van der Waals surface area contributed by atoms with Crippen molar-refractivity contribution in [1.29, 1.82) is 0 Å². The predicted octanol–water partition coefficient (Wildman–Crippen LogP) is 5.21. The van der Waals surface area contributed by atoms with Gasteiger partial charge in [0.1, 0.15) is 0 Å². The molecule has 1 N–H and O–H groups in total. The zero-order valence-electron chi connectivity index (χ0n) is 14.0. The summed E-state index contributed by atoms with van der Waals surface area (Å²) in [6, 6.07) is 11.0. The molecule has 0 aliphatic heterocycles. The first kappa shape index (κ1) is 16.5. The lowest BCUT2D eigenvalue weighted by Gasteiger charge is -2.38. The van der Waals surface area contributed by atoms with Crippen molar-refractivity contribution in [3.8, 4) is 0 Å². The summed E-state index contributed by atoms with van der Waals surface area (Å²) < 4.78 is 0. The van der Waals surface area contributed by atoms with Crippen LogP contribution in [0.5, 0.6) is 0 Å². The molecule has 118 valence electrons. The van der Waals surface area contributed by atoms with Crippen molar-refractivity contribution >= 4 is 0 Å². The van der Waals surface area contributed by atoms with Gasteiger partial charge < -0.3 is 5.32 Å². The van der Waals surface area contributed by atoms with Crippen LogP contribution in [-0.2, 0) is 6.42 Å². The predicted molar refractivity (Wildman–Crippen MR) is 92.6 cm³/mol. The monoisotopic (exact) mass is 287 g/mol. The molecule has 0 aromatic heterocycles. The second-order valence-corrected chi connectivity index (χ2v) is 7.39. The molecule has 0 heterocycles. The van der Waals surface area contributed by atoms with E-state index in [-0.39, 0.29) is 0 Å². The summed E-state index contributed by atoms with van der Waals surface area (Å²) in [5.74, 6) is 0.761. The van der Waals surface area contributed by atoms with E-state index in [1.54, 1.807) is 0 Å². The molecule has 1 aromatic rings. The molecular formula is C20H33N. The van der Waals surface area contributed by atoms with E-state index in [4.69, 9.17) is 0 Å². The van der Waals surface area contributed by atoms with Gasteiger partial charge in [0.05, 0.1) is 0 Å². The number of rotatable bonds is 8. The maximum Gasteiger partial charge on any atom is -0.00258 e. The third-order valence-corrected chi connectivity index (χ3v) is 5.09. The SMILES string of the molecule is CC(C)CNCCC1(CCc2ccccc2)CCCCC1. The smallest absolute Gasteiger partial charge is 0.00258 e. The third kappa shape index (κ3) is 5.82. The highest BCUT2D eigenvalue weighted by Gasteiger charge is 2.30. The van der Waals surface area contributed by atoms with Crippen LogP contribution in [-0.4, -0.2) is 13.1 Å². The van der Waals surface area contributed by atoms with Crippen LogP contribution in [0.1, 0.15) is 64.4 Å². The Bertz CT molecular complexity index is 376. The maximum atomic E-state index is 3.66. The average molecular weight is 287 g/mol. The standard InChI is InChI=1S/C20H33N/c1-18(2)17-21-16-15-20(12-7-4-8-13-20)14-11-19-9-5-3-6-10-19/h3,5-6,9-10,18,21H,4,7-8,11-17H2,1-2H3. The van der Waals surface area contributed by atoms with Crippen LogP contribution in [0.25, 0.3) is 0 Å². The van der Waals surface area contributed by atoms with Gasteiger partial charge in [-0.15, -0.1) is 0 Å². The molecule has 1 fully saturated rings. The van der Waals surface area contributed by atoms with Crippen LogP contribution in [0.3, 0.4) is 0 Å². The highest BCUT2D eigenvalue weighted by molar-refractivity contribution is 5.15. The summed E-state index contributed by atoms with van der Waals surface area (Å²) in [7, 11) is 0. The summed E-state index contributed by atoms with van der Waals surface area (Å²) in [5, 5.41) is 3.66. The van der Waals surface area contributed by atoms with E-state index in [9.17, 15) is 0 Å². The first-order valence-electron chi connectivity index (χ1n) is 8.95. The Morgan fingerprint density at radius 1 is 1.00 bits per heavy atom. The van der Waals surface area contributed by atoms with Crippen LogP contribution in [0.2, 0.25) is 0 Å². The highest BCUT2D eigenvalue weighted by Crippen LogP contribution is 2.42. The summed E-state index contributed by atoms with van der Waals surface area (Å²) in [6.45, 7) is 6.94. The van der Waals surface area contributed by atoms with Gasteiger partial charge in [-0.1, -0.05) is 63.4 Å². The zero-order valence-corrected chi connectivity index (χ0v) is 14.0. The molecule has 0 unspecified atom stereocenters. The largest absolute Gasteiger partial charge is 0.316 e. The first-order valence-corrected chi connectivity index (χ1v) is 8.95. The Balaban J connectivity index is 1.84. The van der Waals surface area contributed by atoms with E-state index in [0.29, 0.717) is 5.41 Å². The van der Waals surface area contributed by atoms with Crippen molar-refractivity contribution in [2.75, 3.05) is 13.1 Å². The molecule has 1 aromatic carbocycles. The Kier molecular flexibility index (Phi) is 6.76. The fourth-order valence-electron chi connectivity index (χ4n) is 3.73. The highest BCUT2D eigenvalue weighted by atomic mass is 14.9. The van der Waals surface area contributed by atoms with Crippen molar-refractivity contribution in [2.45, 2.75) is 65.2 Å². The number of aryl methyl sites for hydroxylation is 1. The quantitative estimate of drug-likeness (QED) is 0.648. The Labute approximate surface area is 131 Å². The summed E-state index contributed by atoms with van der Waals surface area (Å²) in [4.78, 5) is 0. The summed E-state index contributed by atoms with van der Waals surface area (Å²) >= 11 is 0. The molecular weight excluding hydrogens is 254 g/mol. The number of nitrogens with one attached hydrogen (secondary N) is 1. The van der Waals surface area contributed by atoms with E-state index in [2.05, 4.69) is 49.5 Å². The van der Waals surface area contributed by atoms with E-state index >= 15 is 0 Å². The molecule has 1 nitrogen and oxygen atoms in total. The Morgan fingerprint density at radius 2 is 1.71 bits per heavy atom. The van der Waals surface area contributed by atoms with Crippen molar-refractivity contribution in [3.63, 3.8) is 0 Å². The van der Waals surface area contributed by atoms with Gasteiger partial charge in [-0.2, -0.15) is 0 Å². The second kappa shape index (κ2) is 8.58. The number of benzene rings is 1. The lowest BCUT2D eigenvalue weighted by molar-refractivity contribution is 0.156. The van der Waals surface area contributed by atoms with E-state index < -0.39 is 0 Å². The number of hydrogen-bond donors (Lipinski definition) is 1. The van der Waals surface area contributed by atoms with E-state index in [0.717, 1.165) is 12.5 Å². The fourth-order valence-corrected chi connectivity index (χ4v) is 3.73. The van der Waals surface area contributed by atoms with E-state index in [1.165, 1.54) is 63.5 Å². The molecule has 0 bridgehead atoms. The molecule has 2 rings (SSSR count). The Morgan fingerprint density at radius 3 is 2.38 bits per heavy atom. The lowest BCUT2D eigenvalue weighted by atomic mass is 9.68. The first-order chi connectivity index (χ1) is 10.2. The van der Waals surface area contributed by atoms with Crippen molar-refractivity contribution < 1.29 is 0 Å². The number of hydrogen-bond acceptors (Lipinski definition) is 1. The minimum absolute atomic E-state index is 0.609. The minimum Gasteiger partial charge on any atom is -0.316 e. The van der Waals surface area contributed by atoms with Crippen LogP contribution in [0.4, 0.5) is 0 Å². The van der Waals surface area contributed by atoms with Crippen LogP contribution < -0.4 is 5.32 Å². The van der Waals surface area contributed by atoms with Gasteiger partial charge in [0.25, 0.3) is 0 Å². The Hall–Kier alpha value is -0.820. The van der Waals surface area contributed by atoms with Gasteiger partial charge in [-0.05, 0) is 62.1 Å². The van der Waals surface area contributed by atoms with Gasteiger partial charge in [0.15, 0.2) is 0 Å². The topological polar surface area (TPSA) is 12.0 Å². The molecule has 0 radical (unpaired) electrons. The minimum atomic E-state index is 0.609. The second-order valence-electron chi connectivity index (χ2n) is 7.39. The van der Waals surface area contributed by atoms with Crippen molar-refractivity contribution in [1.82, 2.24) is 5.32 Å². The van der Waals surface area contributed by atoms with Crippen molar-refractivity contribution in [3.05, 3.63) is 35.9 Å². The third-order valence-electron chi connectivity index (χ3n) is 5.09. The van der Waals surface area contributed by atoms with Gasteiger partial charge in [0, 0.05) is 0 Å². The van der Waals surface area contributed by atoms with Crippen molar-refractivity contribution in [2.24, 2.45) is 11.3 Å². The van der Waals surface area contributed by atoms with Gasteiger partial charge >= 0.3 is 0 Å². The fraction of sp³-hybridized carbons (Fsp3) is 0.700. The molecule has 1 aliphatic carbocycles. The van der Waals surface area contributed by atoms with E-state index in [1.807, 2.05) is 0 Å². The van der Waals surface area contributed by atoms with Crippen LogP contribution in [0.15, 0.2) is 30.3 Å². The van der Waals surface area contributed by atoms with Gasteiger partial charge in [-0.3, -0.25) is 0 Å². The average Bonchev–Trinajstić information content (AvgIpc) is 2.52. The summed E-state index contributed by atoms with van der Waals surface area (Å²) in [6.07, 6.45) is 11.2. The summed E-state index contributed by atoms with van der Waals surface area (Å²) in [5.41, 5.74) is 2.12. The van der Waals surface area contributed by atoms with Gasteiger partial charge in [0.2, 0.25) is 0 Å². The molecule has 1 heteroatoms. The molecule has 1 aliphatic rings. The van der Waals surface area contributed by atoms with Gasteiger partial charge in [-0.25, -0.2) is 0 Å². The molecule has 0 spiro atoms. The normalized spacial score (nSPS) is 18.0. The lowest BCUT2D eigenvalue weighted by Crippen LogP contribution is -2.31. The molecule has 21 heavy (non-hydrogen) atoms. The molecule has 1 saturated carbocycles. The van der Waals surface area contributed by atoms with Crippen LogP contribution in [0, 0.1) is 11.3 Å². The van der Waals surface area contributed by atoms with Crippen LogP contribution >= 0.6 is 0 Å². The molecule has 0 atom stereocenters. The maximum absolute atomic E-state index is 3.66. The zero-order chi connectivity index (χ0) is 15.0. The molecule has 0 saturated heterocycles.